The molecular formula is C23H29F3N4O. The number of aromatic nitrogens is 2. The first kappa shape index (κ1) is 22.0. The molecule has 2 aliphatic rings. The van der Waals surface area contributed by atoms with Gasteiger partial charge in [-0.25, -0.2) is 0 Å². The number of fused-ring (bicyclic) bond motifs is 1. The summed E-state index contributed by atoms with van der Waals surface area (Å²) in [7, 11) is 2.09. The van der Waals surface area contributed by atoms with Crippen molar-refractivity contribution >= 4 is 22.5 Å². The first-order chi connectivity index (χ1) is 14.7. The predicted octanol–water partition coefficient (Wildman–Crippen LogP) is 4.41. The lowest BCUT2D eigenvalue weighted by molar-refractivity contribution is -0.136. The van der Waals surface area contributed by atoms with Gasteiger partial charge >= 0.3 is 6.18 Å². The molecule has 4 rings (SSSR count). The lowest BCUT2D eigenvalue weighted by Gasteiger charge is -2.38. The van der Waals surface area contributed by atoms with E-state index in [1.54, 1.807) is 0 Å². The van der Waals surface area contributed by atoms with Gasteiger partial charge in [-0.2, -0.15) is 13.2 Å². The van der Waals surface area contributed by atoms with Crippen LogP contribution >= 0.6 is 0 Å². The summed E-state index contributed by atoms with van der Waals surface area (Å²) in [5, 5.41) is 0. The van der Waals surface area contributed by atoms with Gasteiger partial charge in [-0.05, 0) is 56.3 Å². The van der Waals surface area contributed by atoms with Gasteiger partial charge in [-0.3, -0.25) is 14.8 Å². The van der Waals surface area contributed by atoms with Crippen LogP contribution in [0.4, 0.5) is 18.9 Å². The van der Waals surface area contributed by atoms with E-state index in [-0.39, 0.29) is 17.0 Å². The molecule has 2 saturated heterocycles. The van der Waals surface area contributed by atoms with Crippen molar-refractivity contribution < 1.29 is 18.0 Å². The number of hydrogen-bond donors (Lipinski definition) is 0. The van der Waals surface area contributed by atoms with Crippen LogP contribution in [-0.4, -0.2) is 53.9 Å². The average molecular weight is 435 g/mol. The van der Waals surface area contributed by atoms with E-state index < -0.39 is 11.7 Å². The Hall–Kier alpha value is -2.22. The van der Waals surface area contributed by atoms with E-state index in [2.05, 4.69) is 33.7 Å². The summed E-state index contributed by atoms with van der Waals surface area (Å²) < 4.78 is 40.3. The molecule has 0 N–H and O–H groups in total. The third kappa shape index (κ3) is 5.00. The number of carbonyl (C=O) groups is 1. The molecule has 1 aromatic heterocycles. The second-order valence-electron chi connectivity index (χ2n) is 9.36. The van der Waals surface area contributed by atoms with Crippen LogP contribution in [0.15, 0.2) is 24.5 Å². The average Bonchev–Trinajstić information content (AvgIpc) is 3.10. The Morgan fingerprint density at radius 1 is 1.06 bits per heavy atom. The minimum absolute atomic E-state index is 0.122. The number of piperidine rings is 1. The summed E-state index contributed by atoms with van der Waals surface area (Å²) >= 11 is 0. The molecule has 0 amide bonds. The lowest BCUT2D eigenvalue weighted by Crippen LogP contribution is -2.40. The van der Waals surface area contributed by atoms with Crippen molar-refractivity contribution in [1.82, 2.24) is 14.9 Å². The van der Waals surface area contributed by atoms with Crippen molar-refractivity contribution in [2.75, 3.05) is 38.1 Å². The number of anilines is 1. The summed E-state index contributed by atoms with van der Waals surface area (Å²) in [4.78, 5) is 25.3. The second-order valence-corrected chi connectivity index (χ2v) is 9.36. The first-order valence-corrected chi connectivity index (χ1v) is 11.0. The van der Waals surface area contributed by atoms with Crippen molar-refractivity contribution in [3.63, 3.8) is 0 Å². The molecule has 2 fully saturated rings. The second kappa shape index (κ2) is 8.73. The molecule has 0 bridgehead atoms. The van der Waals surface area contributed by atoms with Gasteiger partial charge in [0.2, 0.25) is 0 Å². The minimum Gasteiger partial charge on any atom is -0.369 e. The molecule has 31 heavy (non-hydrogen) atoms. The van der Waals surface area contributed by atoms with Gasteiger partial charge in [0.25, 0.3) is 0 Å². The zero-order valence-electron chi connectivity index (χ0n) is 18.0. The quantitative estimate of drug-likeness (QED) is 0.698. The number of hydrogen-bond acceptors (Lipinski definition) is 5. The lowest BCUT2D eigenvalue weighted by atomic mass is 9.85. The molecule has 168 valence electrons. The van der Waals surface area contributed by atoms with E-state index in [0.717, 1.165) is 38.5 Å². The van der Waals surface area contributed by atoms with Gasteiger partial charge in [0.05, 0.1) is 11.3 Å². The van der Waals surface area contributed by atoms with E-state index >= 15 is 0 Å². The third-order valence-corrected chi connectivity index (χ3v) is 6.52. The summed E-state index contributed by atoms with van der Waals surface area (Å²) in [6.07, 6.45) is 1.43. The molecule has 1 unspecified atom stereocenters. The van der Waals surface area contributed by atoms with Gasteiger partial charge in [0.15, 0.2) is 0 Å². The zero-order chi connectivity index (χ0) is 22.2. The molecule has 0 saturated carbocycles. The highest BCUT2D eigenvalue weighted by atomic mass is 19.4. The van der Waals surface area contributed by atoms with Crippen LogP contribution in [0.25, 0.3) is 11.0 Å². The number of likely N-dealkylation sites (tertiary alicyclic amines) is 1. The number of benzene rings is 1. The van der Waals surface area contributed by atoms with Crippen molar-refractivity contribution in [3.8, 4) is 0 Å². The fourth-order valence-electron chi connectivity index (χ4n) is 5.27. The molecule has 5 nitrogen and oxygen atoms in total. The van der Waals surface area contributed by atoms with Crippen molar-refractivity contribution in [2.24, 2.45) is 17.8 Å². The Morgan fingerprint density at radius 2 is 1.77 bits per heavy atom. The summed E-state index contributed by atoms with van der Waals surface area (Å²) in [6.45, 7) is 5.55. The third-order valence-electron chi connectivity index (χ3n) is 6.52. The topological polar surface area (TPSA) is 49.3 Å². The normalized spacial score (nSPS) is 25.3. The van der Waals surface area contributed by atoms with Crippen LogP contribution in [0.2, 0.25) is 0 Å². The Labute approximate surface area is 180 Å². The first-order valence-electron chi connectivity index (χ1n) is 11.0. The molecule has 2 aliphatic heterocycles. The van der Waals surface area contributed by atoms with Gasteiger partial charge < -0.3 is 9.80 Å². The van der Waals surface area contributed by atoms with E-state index in [9.17, 15) is 18.0 Å². The number of rotatable bonds is 5. The number of nitrogens with zero attached hydrogens (tertiary/aromatic N) is 4. The molecule has 1 aromatic carbocycles. The van der Waals surface area contributed by atoms with E-state index in [1.807, 2.05) is 0 Å². The molecule has 3 heterocycles. The highest BCUT2D eigenvalue weighted by Crippen LogP contribution is 2.38. The van der Waals surface area contributed by atoms with Crippen molar-refractivity contribution in [1.29, 1.82) is 0 Å². The van der Waals surface area contributed by atoms with E-state index in [4.69, 9.17) is 0 Å². The molecule has 3 atom stereocenters. The Bertz CT molecular complexity index is 948. The predicted molar refractivity (Wildman–Crippen MR) is 114 cm³/mol. The van der Waals surface area contributed by atoms with Gasteiger partial charge in [-0.1, -0.05) is 6.92 Å². The van der Waals surface area contributed by atoms with Crippen LogP contribution in [0.1, 0.15) is 38.2 Å². The molecule has 0 aliphatic carbocycles. The van der Waals surface area contributed by atoms with Crippen LogP contribution in [0.3, 0.4) is 0 Å². The van der Waals surface area contributed by atoms with Crippen molar-refractivity contribution in [3.05, 3.63) is 30.1 Å². The largest absolute Gasteiger partial charge is 0.418 e. The number of alkyl halides is 3. The minimum atomic E-state index is -4.48. The van der Waals surface area contributed by atoms with Crippen LogP contribution in [-0.2, 0) is 11.0 Å². The highest BCUT2D eigenvalue weighted by Gasteiger charge is 2.35. The molecule has 8 heteroatoms. The van der Waals surface area contributed by atoms with Gasteiger partial charge in [0, 0.05) is 44.9 Å². The van der Waals surface area contributed by atoms with Gasteiger partial charge in [0.1, 0.15) is 16.8 Å². The Morgan fingerprint density at radius 3 is 2.45 bits per heavy atom. The standard InChI is InChI=1S/C23H29F3N4O/c1-15-9-17(11-18(31)10-16-5-8-29(2)13-16)14-30(12-15)20-4-3-19(23(24,25)26)21-22(20)28-7-6-27-21/h3-4,6-7,15-17H,5,8-14H2,1-2H3/t15-,16?,17-/m0/s1. The maximum atomic E-state index is 13.4. The zero-order valence-corrected chi connectivity index (χ0v) is 18.0. The fraction of sp³-hybridized carbons (Fsp3) is 0.609. The summed E-state index contributed by atoms with van der Waals surface area (Å²) in [5.74, 6) is 1.29. The van der Waals surface area contributed by atoms with E-state index in [0.29, 0.717) is 42.7 Å². The van der Waals surface area contributed by atoms with Crippen LogP contribution < -0.4 is 4.90 Å². The number of ketones is 1. The van der Waals surface area contributed by atoms with E-state index in [1.165, 1.54) is 18.5 Å². The smallest absolute Gasteiger partial charge is 0.369 e. The van der Waals surface area contributed by atoms with Crippen LogP contribution in [0, 0.1) is 17.8 Å². The molecule has 2 aromatic rings. The maximum Gasteiger partial charge on any atom is 0.418 e. The van der Waals surface area contributed by atoms with Gasteiger partial charge in [-0.15, -0.1) is 0 Å². The molecule has 0 radical (unpaired) electrons. The number of carbonyl (C=O) groups excluding carboxylic acids is 1. The maximum absolute atomic E-state index is 13.4. The number of halogens is 3. The Balaban J connectivity index is 1.52. The number of Topliss-reactive ketones (excluding diaryl/α,β-unsaturated/α-hetero) is 1. The fourth-order valence-corrected chi connectivity index (χ4v) is 5.27. The molecule has 0 spiro atoms. The highest BCUT2D eigenvalue weighted by molar-refractivity contribution is 5.91. The SMILES string of the molecule is C[C@H]1C[C@@H](CC(=O)CC2CCN(C)C2)CN(c2ccc(C(F)(F)F)c3nccnc23)C1. The van der Waals surface area contributed by atoms with Crippen LogP contribution in [0.5, 0.6) is 0 Å². The molecular weight excluding hydrogens is 405 g/mol. The monoisotopic (exact) mass is 434 g/mol. The Kier molecular flexibility index (Phi) is 6.19. The summed E-state index contributed by atoms with van der Waals surface area (Å²) in [6, 6.07) is 2.60. The van der Waals surface area contributed by atoms with Crippen molar-refractivity contribution in [2.45, 2.75) is 38.8 Å². The summed E-state index contributed by atoms with van der Waals surface area (Å²) in [5.41, 5.74) is 0.0457.